The normalized spacial score (nSPS) is 12.5. The molecule has 2 rings (SSSR count). The molecule has 102 valence electrons. The number of imidazole rings is 1. The summed E-state index contributed by atoms with van der Waals surface area (Å²) in [5, 5.41) is 24.4. The summed E-state index contributed by atoms with van der Waals surface area (Å²) < 4.78 is 1.38. The van der Waals surface area contributed by atoms with E-state index in [0.29, 0.717) is 11.4 Å². The Hall–Kier alpha value is -2.16. The Morgan fingerprint density at radius 2 is 2.47 bits per heavy atom. The van der Waals surface area contributed by atoms with Crippen molar-refractivity contribution in [2.75, 3.05) is 5.32 Å². The Morgan fingerprint density at radius 1 is 1.74 bits per heavy atom. The Bertz CT molecular complexity index is 620. The lowest BCUT2D eigenvalue weighted by Gasteiger charge is -2.13. The van der Waals surface area contributed by atoms with Gasteiger partial charge in [-0.05, 0) is 11.3 Å². The van der Waals surface area contributed by atoms with Gasteiger partial charge in [-0.1, -0.05) is 18.3 Å². The molecule has 0 saturated heterocycles. The van der Waals surface area contributed by atoms with Crippen LogP contribution in [-0.2, 0) is 4.79 Å². The van der Waals surface area contributed by atoms with Gasteiger partial charge in [-0.2, -0.15) is 9.38 Å². The molecule has 0 spiro atoms. The van der Waals surface area contributed by atoms with Crippen LogP contribution in [0.25, 0.3) is 4.96 Å². The smallest absolute Gasteiger partial charge is 0.372 e. The first-order valence-corrected chi connectivity index (χ1v) is 6.49. The van der Waals surface area contributed by atoms with Crippen LogP contribution < -0.4 is 5.32 Å². The molecule has 0 saturated carbocycles. The first kappa shape index (κ1) is 13.3. The van der Waals surface area contributed by atoms with E-state index in [1.807, 2.05) is 6.92 Å². The van der Waals surface area contributed by atoms with E-state index < -0.39 is 10.9 Å². The van der Waals surface area contributed by atoms with Gasteiger partial charge in [-0.25, -0.2) is 0 Å². The largest absolute Gasteiger partial charge is 0.481 e. The maximum absolute atomic E-state index is 11.1. The van der Waals surface area contributed by atoms with Crippen molar-refractivity contribution in [3.05, 3.63) is 21.7 Å². The van der Waals surface area contributed by atoms with Crippen molar-refractivity contribution in [1.82, 2.24) is 9.38 Å². The van der Waals surface area contributed by atoms with E-state index in [9.17, 15) is 14.9 Å². The number of carbonyl (C=O) groups is 1. The van der Waals surface area contributed by atoms with Crippen molar-refractivity contribution in [3.63, 3.8) is 0 Å². The van der Waals surface area contributed by atoms with Crippen molar-refractivity contribution in [2.45, 2.75) is 25.8 Å². The minimum Gasteiger partial charge on any atom is -0.481 e. The van der Waals surface area contributed by atoms with Crippen LogP contribution in [0.5, 0.6) is 0 Å². The molecule has 2 heterocycles. The van der Waals surface area contributed by atoms with Gasteiger partial charge in [0.2, 0.25) is 5.82 Å². The maximum Gasteiger partial charge on any atom is 0.372 e. The fourth-order valence-electron chi connectivity index (χ4n) is 1.75. The molecule has 8 nitrogen and oxygen atoms in total. The summed E-state index contributed by atoms with van der Waals surface area (Å²) in [6.07, 6.45) is 1.99. The third-order valence-corrected chi connectivity index (χ3v) is 3.42. The number of nitrogens with zero attached hydrogens (tertiary/aromatic N) is 3. The Kier molecular flexibility index (Phi) is 3.65. The van der Waals surface area contributed by atoms with Crippen molar-refractivity contribution >= 4 is 33.9 Å². The number of anilines is 1. The van der Waals surface area contributed by atoms with Crippen molar-refractivity contribution in [3.8, 4) is 0 Å². The van der Waals surface area contributed by atoms with Crippen LogP contribution in [0.15, 0.2) is 11.6 Å². The summed E-state index contributed by atoms with van der Waals surface area (Å²) in [5.41, 5.74) is 0. The number of nitro groups is 1. The second kappa shape index (κ2) is 5.22. The number of aliphatic carboxylic acids is 1. The molecule has 0 aliphatic heterocycles. The second-order valence-electron chi connectivity index (χ2n) is 3.94. The standard InChI is InChI=1S/C10H12N4O4S/c1-2-6(5-7(15)16)11-8-9(14(17)18)13-3-4-19-10(13)12-8/h3-4,6,11H,2,5H2,1H3,(H,15,16). The molecule has 0 amide bonds. The van der Waals surface area contributed by atoms with Crippen LogP contribution in [0.2, 0.25) is 0 Å². The van der Waals surface area contributed by atoms with E-state index >= 15 is 0 Å². The summed E-state index contributed by atoms with van der Waals surface area (Å²) in [6, 6.07) is -0.388. The first-order chi connectivity index (χ1) is 9.02. The van der Waals surface area contributed by atoms with Gasteiger partial charge in [0, 0.05) is 11.4 Å². The molecule has 0 aliphatic carbocycles. The van der Waals surface area contributed by atoms with Crippen molar-refractivity contribution in [1.29, 1.82) is 0 Å². The molecule has 2 N–H and O–H groups in total. The molecule has 0 aromatic carbocycles. The number of aromatic nitrogens is 2. The van der Waals surface area contributed by atoms with Crippen molar-refractivity contribution in [2.24, 2.45) is 0 Å². The summed E-state index contributed by atoms with van der Waals surface area (Å²) in [4.78, 5) is 25.9. The molecule has 2 aromatic heterocycles. The number of rotatable bonds is 6. The number of carboxylic acids is 1. The van der Waals surface area contributed by atoms with Gasteiger partial charge in [0.05, 0.1) is 6.42 Å². The molecule has 2 aromatic rings. The minimum absolute atomic E-state index is 0.112. The van der Waals surface area contributed by atoms with Gasteiger partial charge in [-0.15, -0.1) is 0 Å². The Morgan fingerprint density at radius 3 is 3.05 bits per heavy atom. The molecule has 19 heavy (non-hydrogen) atoms. The number of fused-ring (bicyclic) bond motifs is 1. The van der Waals surface area contributed by atoms with E-state index in [2.05, 4.69) is 10.3 Å². The molecule has 0 bridgehead atoms. The third kappa shape index (κ3) is 2.65. The lowest BCUT2D eigenvalue weighted by atomic mass is 10.1. The SMILES string of the molecule is CCC(CC(=O)O)Nc1nc2sccn2c1[N+](=O)[O-]. The molecule has 9 heteroatoms. The zero-order chi connectivity index (χ0) is 14.0. The highest BCUT2D eigenvalue weighted by atomic mass is 32.1. The van der Waals surface area contributed by atoms with Crippen molar-refractivity contribution < 1.29 is 14.8 Å². The summed E-state index contributed by atoms with van der Waals surface area (Å²) in [5.74, 6) is -1.01. The Balaban J connectivity index is 2.33. The highest BCUT2D eigenvalue weighted by Gasteiger charge is 2.25. The van der Waals surface area contributed by atoms with Crippen LogP contribution in [0.4, 0.5) is 11.6 Å². The van der Waals surface area contributed by atoms with E-state index in [-0.39, 0.29) is 24.1 Å². The fraction of sp³-hybridized carbons (Fsp3) is 0.400. The van der Waals surface area contributed by atoms with Crippen LogP contribution in [-0.4, -0.2) is 31.4 Å². The number of thiazole rings is 1. The predicted octanol–water partition coefficient (Wildman–Crippen LogP) is 1.97. The maximum atomic E-state index is 11.1. The van der Waals surface area contributed by atoms with Gasteiger partial charge in [0.1, 0.15) is 6.20 Å². The van der Waals surface area contributed by atoms with E-state index in [1.165, 1.54) is 15.7 Å². The minimum atomic E-state index is -0.956. The molecule has 1 atom stereocenters. The van der Waals surface area contributed by atoms with Gasteiger partial charge >= 0.3 is 11.8 Å². The molecular formula is C10H12N4O4S. The zero-order valence-corrected chi connectivity index (χ0v) is 10.9. The number of hydrogen-bond donors (Lipinski definition) is 2. The van der Waals surface area contributed by atoms with E-state index in [1.54, 1.807) is 11.6 Å². The van der Waals surface area contributed by atoms with Crippen LogP contribution in [0, 0.1) is 10.1 Å². The monoisotopic (exact) mass is 284 g/mol. The lowest BCUT2D eigenvalue weighted by Crippen LogP contribution is -2.22. The second-order valence-corrected chi connectivity index (χ2v) is 4.82. The van der Waals surface area contributed by atoms with Gasteiger partial charge < -0.3 is 20.5 Å². The quantitative estimate of drug-likeness (QED) is 0.620. The average Bonchev–Trinajstić information content (AvgIpc) is 2.86. The highest BCUT2D eigenvalue weighted by Crippen LogP contribution is 2.29. The molecular weight excluding hydrogens is 272 g/mol. The van der Waals surface area contributed by atoms with E-state index in [0.717, 1.165) is 0 Å². The Labute approximate surface area is 111 Å². The predicted molar refractivity (Wildman–Crippen MR) is 69.7 cm³/mol. The van der Waals surface area contributed by atoms with Crippen LogP contribution in [0.1, 0.15) is 19.8 Å². The summed E-state index contributed by atoms with van der Waals surface area (Å²) in [6.45, 7) is 1.81. The summed E-state index contributed by atoms with van der Waals surface area (Å²) in [7, 11) is 0. The lowest BCUT2D eigenvalue weighted by molar-refractivity contribution is -0.389. The molecule has 0 aliphatic rings. The van der Waals surface area contributed by atoms with Crippen LogP contribution in [0.3, 0.4) is 0 Å². The third-order valence-electron chi connectivity index (χ3n) is 2.66. The average molecular weight is 284 g/mol. The number of carboxylic acid groups (broad SMARTS) is 1. The van der Waals surface area contributed by atoms with Crippen LogP contribution >= 0.6 is 11.3 Å². The molecule has 0 fully saturated rings. The number of hydrogen-bond acceptors (Lipinski definition) is 6. The van der Waals surface area contributed by atoms with Gasteiger partial charge in [0.25, 0.3) is 4.96 Å². The first-order valence-electron chi connectivity index (χ1n) is 5.61. The molecule has 0 radical (unpaired) electrons. The van der Waals surface area contributed by atoms with Gasteiger partial charge in [-0.3, -0.25) is 4.79 Å². The highest BCUT2D eigenvalue weighted by molar-refractivity contribution is 7.15. The van der Waals surface area contributed by atoms with E-state index in [4.69, 9.17) is 5.11 Å². The fourth-order valence-corrected chi connectivity index (χ4v) is 2.46. The molecule has 1 unspecified atom stereocenters. The number of nitrogens with one attached hydrogen (secondary N) is 1. The zero-order valence-electron chi connectivity index (χ0n) is 10.1. The topological polar surface area (TPSA) is 110 Å². The summed E-state index contributed by atoms with van der Waals surface area (Å²) >= 11 is 1.28. The van der Waals surface area contributed by atoms with Gasteiger partial charge in [0.15, 0.2) is 0 Å².